The smallest absolute Gasteiger partial charge is 0.408 e. The van der Waals surface area contributed by atoms with Crippen molar-refractivity contribution >= 4 is 22.0 Å². The number of nitrogens with zero attached hydrogens (tertiary/aromatic N) is 1. The fourth-order valence-corrected chi connectivity index (χ4v) is 2.59. The molecule has 5 nitrogen and oxygen atoms in total. The van der Waals surface area contributed by atoms with Crippen molar-refractivity contribution in [3.63, 3.8) is 0 Å². The molecule has 1 atom stereocenters. The molecule has 0 aliphatic rings. The van der Waals surface area contributed by atoms with Crippen LogP contribution in [-0.4, -0.2) is 29.3 Å². The second-order valence-corrected chi connectivity index (χ2v) is 7.74. The van der Waals surface area contributed by atoms with E-state index in [9.17, 15) is 9.18 Å². The highest BCUT2D eigenvalue weighted by Crippen LogP contribution is 2.17. The van der Waals surface area contributed by atoms with Gasteiger partial charge in [-0.05, 0) is 66.9 Å². The third-order valence-electron chi connectivity index (χ3n) is 3.22. The number of hydrogen-bond acceptors (Lipinski definition) is 4. The van der Waals surface area contributed by atoms with Gasteiger partial charge in [-0.25, -0.2) is 9.18 Å². The van der Waals surface area contributed by atoms with Crippen molar-refractivity contribution in [2.24, 2.45) is 0 Å². The van der Waals surface area contributed by atoms with Crippen molar-refractivity contribution in [1.82, 2.24) is 10.3 Å². The Morgan fingerprint density at radius 2 is 2.08 bits per heavy atom. The Kier molecular flexibility index (Phi) is 6.97. The topological polar surface area (TPSA) is 60.5 Å². The Balaban J connectivity index is 2.05. The minimum Gasteiger partial charge on any atom is -0.490 e. The molecule has 26 heavy (non-hydrogen) atoms. The van der Waals surface area contributed by atoms with Crippen LogP contribution in [0.15, 0.2) is 47.2 Å². The zero-order valence-electron chi connectivity index (χ0n) is 15.0. The number of ether oxygens (including phenoxy) is 2. The quantitative estimate of drug-likeness (QED) is 0.741. The summed E-state index contributed by atoms with van der Waals surface area (Å²) >= 11 is 3.33. The number of pyridine rings is 1. The van der Waals surface area contributed by atoms with E-state index in [4.69, 9.17) is 9.47 Å². The summed E-state index contributed by atoms with van der Waals surface area (Å²) in [5, 5.41) is 2.79. The maximum atomic E-state index is 13.4. The van der Waals surface area contributed by atoms with E-state index >= 15 is 0 Å². The van der Waals surface area contributed by atoms with Crippen LogP contribution >= 0.6 is 15.9 Å². The number of amides is 1. The standard InChI is InChI=1S/C19H22BrFN2O3/c1-19(2,3)26-18(24)23-16(8-13-5-4-6-15(21)7-13)12-25-17-9-14(20)10-22-11-17/h4-7,9-11,16H,8,12H2,1-3H3,(H,23,24)/t16-/m0/s1. The lowest BCUT2D eigenvalue weighted by atomic mass is 10.1. The van der Waals surface area contributed by atoms with E-state index in [2.05, 4.69) is 26.2 Å². The van der Waals surface area contributed by atoms with Crippen molar-refractivity contribution in [2.75, 3.05) is 6.61 Å². The third-order valence-corrected chi connectivity index (χ3v) is 3.66. The van der Waals surface area contributed by atoms with Gasteiger partial charge >= 0.3 is 6.09 Å². The van der Waals surface area contributed by atoms with Crippen LogP contribution in [0.25, 0.3) is 0 Å². The molecule has 0 unspecified atom stereocenters. The molecule has 1 N–H and O–H groups in total. The van der Waals surface area contributed by atoms with Crippen LogP contribution in [0.1, 0.15) is 26.3 Å². The van der Waals surface area contributed by atoms with Crippen LogP contribution in [0.4, 0.5) is 9.18 Å². The van der Waals surface area contributed by atoms with Crippen molar-refractivity contribution in [1.29, 1.82) is 0 Å². The molecule has 140 valence electrons. The van der Waals surface area contributed by atoms with Gasteiger partial charge in [0.1, 0.15) is 23.8 Å². The summed E-state index contributed by atoms with van der Waals surface area (Å²) in [4.78, 5) is 16.1. The lowest BCUT2D eigenvalue weighted by Gasteiger charge is -2.24. The summed E-state index contributed by atoms with van der Waals surface area (Å²) in [6, 6.07) is 7.63. The molecule has 0 saturated heterocycles. The van der Waals surface area contributed by atoms with Crippen LogP contribution in [-0.2, 0) is 11.2 Å². The average Bonchev–Trinajstić information content (AvgIpc) is 2.51. The van der Waals surface area contributed by atoms with Crippen molar-refractivity contribution in [3.05, 3.63) is 58.6 Å². The van der Waals surface area contributed by atoms with Gasteiger partial charge in [-0.1, -0.05) is 12.1 Å². The third kappa shape index (κ3) is 7.39. The number of rotatable bonds is 6. The first kappa shape index (κ1) is 20.2. The highest BCUT2D eigenvalue weighted by Gasteiger charge is 2.20. The largest absolute Gasteiger partial charge is 0.490 e. The van der Waals surface area contributed by atoms with Gasteiger partial charge in [-0.2, -0.15) is 0 Å². The Labute approximate surface area is 161 Å². The van der Waals surface area contributed by atoms with Gasteiger partial charge in [0, 0.05) is 10.7 Å². The lowest BCUT2D eigenvalue weighted by molar-refractivity contribution is 0.0487. The minimum atomic E-state index is -0.609. The van der Waals surface area contributed by atoms with E-state index in [0.717, 1.165) is 10.0 Å². The first-order valence-electron chi connectivity index (χ1n) is 8.18. The molecule has 2 aromatic rings. The maximum Gasteiger partial charge on any atom is 0.408 e. The first-order chi connectivity index (χ1) is 12.2. The second-order valence-electron chi connectivity index (χ2n) is 6.83. The first-order valence-corrected chi connectivity index (χ1v) is 8.98. The molecular weight excluding hydrogens is 403 g/mol. The Morgan fingerprint density at radius 1 is 1.31 bits per heavy atom. The fraction of sp³-hybridized carbons (Fsp3) is 0.368. The van der Waals surface area contributed by atoms with E-state index in [0.29, 0.717) is 12.2 Å². The predicted octanol–water partition coefficient (Wildman–Crippen LogP) is 4.50. The SMILES string of the molecule is CC(C)(C)OC(=O)N[C@H](COc1cncc(Br)c1)Cc1cccc(F)c1. The average molecular weight is 425 g/mol. The summed E-state index contributed by atoms with van der Waals surface area (Å²) in [7, 11) is 0. The lowest BCUT2D eigenvalue weighted by Crippen LogP contribution is -2.43. The van der Waals surface area contributed by atoms with Gasteiger partial charge in [0.25, 0.3) is 0 Å². The van der Waals surface area contributed by atoms with Crippen molar-refractivity contribution < 1.29 is 18.7 Å². The van der Waals surface area contributed by atoms with Crippen LogP contribution in [0, 0.1) is 5.82 Å². The Bertz CT molecular complexity index is 750. The fourth-order valence-electron chi connectivity index (χ4n) is 2.24. The Morgan fingerprint density at radius 3 is 2.73 bits per heavy atom. The molecule has 0 radical (unpaired) electrons. The van der Waals surface area contributed by atoms with E-state index < -0.39 is 17.7 Å². The van der Waals surface area contributed by atoms with Gasteiger partial charge in [0.2, 0.25) is 0 Å². The van der Waals surface area contributed by atoms with Gasteiger partial charge in [0.15, 0.2) is 0 Å². The summed E-state index contributed by atoms with van der Waals surface area (Å²) in [6.45, 7) is 5.56. The van der Waals surface area contributed by atoms with E-state index in [1.165, 1.54) is 12.1 Å². The van der Waals surface area contributed by atoms with Crippen LogP contribution in [0.3, 0.4) is 0 Å². The van der Waals surface area contributed by atoms with E-state index in [-0.39, 0.29) is 12.4 Å². The molecule has 0 aliphatic carbocycles. The molecule has 1 aromatic heterocycles. The Hall–Kier alpha value is -2.15. The summed E-state index contributed by atoms with van der Waals surface area (Å²) in [5.41, 5.74) is 0.143. The molecule has 2 rings (SSSR count). The maximum absolute atomic E-state index is 13.4. The van der Waals surface area contributed by atoms with Crippen LogP contribution in [0.2, 0.25) is 0 Å². The molecule has 1 heterocycles. The number of hydrogen-bond donors (Lipinski definition) is 1. The van der Waals surface area contributed by atoms with Gasteiger partial charge in [-0.3, -0.25) is 4.98 Å². The summed E-state index contributed by atoms with van der Waals surface area (Å²) in [6.07, 6.45) is 3.08. The molecule has 7 heteroatoms. The molecule has 1 aromatic carbocycles. The number of alkyl carbamates (subject to hydrolysis) is 1. The van der Waals surface area contributed by atoms with E-state index in [1.807, 2.05) is 0 Å². The number of carbonyl (C=O) groups is 1. The molecule has 0 fully saturated rings. The van der Waals surface area contributed by atoms with Crippen molar-refractivity contribution in [2.45, 2.75) is 38.8 Å². The molecule has 0 aliphatic heterocycles. The number of nitrogens with one attached hydrogen (secondary N) is 1. The molecule has 0 saturated carbocycles. The van der Waals surface area contributed by atoms with Crippen LogP contribution in [0.5, 0.6) is 5.75 Å². The number of benzene rings is 1. The van der Waals surface area contributed by atoms with Gasteiger partial charge in [-0.15, -0.1) is 0 Å². The molecule has 0 spiro atoms. The minimum absolute atomic E-state index is 0.188. The monoisotopic (exact) mass is 424 g/mol. The van der Waals surface area contributed by atoms with Gasteiger partial charge in [0.05, 0.1) is 12.2 Å². The highest BCUT2D eigenvalue weighted by molar-refractivity contribution is 9.10. The molecule has 0 bridgehead atoms. The molecule has 1 amide bonds. The number of aromatic nitrogens is 1. The van der Waals surface area contributed by atoms with E-state index in [1.54, 1.807) is 51.4 Å². The number of carbonyl (C=O) groups excluding carboxylic acids is 1. The normalized spacial score (nSPS) is 12.3. The number of halogens is 2. The van der Waals surface area contributed by atoms with Gasteiger partial charge < -0.3 is 14.8 Å². The highest BCUT2D eigenvalue weighted by atomic mass is 79.9. The van der Waals surface area contributed by atoms with Crippen molar-refractivity contribution in [3.8, 4) is 5.75 Å². The summed E-state index contributed by atoms with van der Waals surface area (Å²) < 4.78 is 25.3. The molecular formula is C19H22BrFN2O3. The second kappa shape index (κ2) is 8.98. The zero-order chi connectivity index (χ0) is 19.2. The zero-order valence-corrected chi connectivity index (χ0v) is 16.5. The predicted molar refractivity (Wildman–Crippen MR) is 101 cm³/mol. The van der Waals surface area contributed by atoms with Crippen LogP contribution < -0.4 is 10.1 Å². The summed E-state index contributed by atoms with van der Waals surface area (Å²) in [5.74, 6) is 0.241.